The molecular weight excluding hydrogens is 432 g/mol. The molecule has 7 nitrogen and oxygen atoms in total. The maximum Gasteiger partial charge on any atom is 0.407 e. The van der Waals surface area contributed by atoms with Gasteiger partial charge in [0.1, 0.15) is 6.61 Å². The zero-order valence-electron chi connectivity index (χ0n) is 19.3. The molecule has 2 aromatic carbocycles. The molecule has 2 amide bonds. The third-order valence-corrected chi connectivity index (χ3v) is 7.77. The Kier molecular flexibility index (Phi) is 6.02. The van der Waals surface area contributed by atoms with Crippen molar-refractivity contribution in [3.63, 3.8) is 0 Å². The number of alkyl carbamates (subject to hydrolysis) is 1. The lowest BCUT2D eigenvalue weighted by atomic mass is 9.98. The van der Waals surface area contributed by atoms with Crippen molar-refractivity contribution in [3.8, 4) is 11.1 Å². The summed E-state index contributed by atoms with van der Waals surface area (Å²) in [5.41, 5.74) is 4.66. The topological polar surface area (TPSA) is 95.9 Å². The largest absolute Gasteiger partial charge is 0.481 e. The molecular formula is C27H30N2O5. The SMILES string of the molecule is CCC(CNC(=O)OCC1c2ccccc2-c2ccccc21)C(=O)N1CC[C@@H]2C(C(=O)O)[C@@H]2C1. The van der Waals surface area contributed by atoms with Gasteiger partial charge < -0.3 is 20.1 Å². The third-order valence-electron chi connectivity index (χ3n) is 7.77. The van der Waals surface area contributed by atoms with Crippen molar-refractivity contribution < 1.29 is 24.2 Å². The number of ether oxygens (including phenoxy) is 1. The molecule has 3 aliphatic rings. The minimum Gasteiger partial charge on any atom is -0.481 e. The van der Waals surface area contributed by atoms with Gasteiger partial charge in [-0.05, 0) is 46.9 Å². The van der Waals surface area contributed by atoms with Crippen LogP contribution in [0.25, 0.3) is 11.1 Å². The Hall–Kier alpha value is -3.35. The fraction of sp³-hybridized carbons (Fsp3) is 0.444. The fourth-order valence-electron chi connectivity index (χ4n) is 5.83. The molecule has 178 valence electrons. The zero-order chi connectivity index (χ0) is 23.8. The number of rotatable bonds is 7. The molecule has 5 rings (SSSR count). The predicted molar refractivity (Wildman–Crippen MR) is 126 cm³/mol. The van der Waals surface area contributed by atoms with E-state index in [2.05, 4.69) is 29.6 Å². The Bertz CT molecular complexity index is 1070. The van der Waals surface area contributed by atoms with Crippen LogP contribution in [0.2, 0.25) is 0 Å². The standard InChI is InChI=1S/C27H30N2O5/c1-2-16(25(30)29-12-11-21-22(14-29)24(21)26(31)32)13-28-27(33)34-15-23-19-9-5-3-7-17(19)18-8-4-6-10-20(18)23/h3-10,16,21-24H,2,11-15H2,1H3,(H,28,33)(H,31,32)/t16?,21-,22+,24?/m0/s1. The first-order valence-electron chi connectivity index (χ1n) is 12.1. The number of carboxylic acid groups (broad SMARTS) is 1. The Morgan fingerprint density at radius 3 is 2.32 bits per heavy atom. The van der Waals surface area contributed by atoms with Gasteiger partial charge in [-0.25, -0.2) is 4.79 Å². The second-order valence-electron chi connectivity index (χ2n) is 9.58. The number of amides is 2. The van der Waals surface area contributed by atoms with Gasteiger partial charge in [-0.3, -0.25) is 9.59 Å². The Morgan fingerprint density at radius 2 is 1.71 bits per heavy atom. The van der Waals surface area contributed by atoms with E-state index in [9.17, 15) is 19.5 Å². The van der Waals surface area contributed by atoms with Crippen molar-refractivity contribution in [3.05, 3.63) is 59.7 Å². The van der Waals surface area contributed by atoms with Crippen LogP contribution >= 0.6 is 0 Å². The number of carboxylic acids is 1. The maximum atomic E-state index is 13.0. The van der Waals surface area contributed by atoms with Crippen molar-refractivity contribution >= 4 is 18.0 Å². The van der Waals surface area contributed by atoms with E-state index in [1.807, 2.05) is 31.2 Å². The number of nitrogens with one attached hydrogen (secondary N) is 1. The van der Waals surface area contributed by atoms with Crippen molar-refractivity contribution in [2.75, 3.05) is 26.2 Å². The van der Waals surface area contributed by atoms with Crippen molar-refractivity contribution in [1.29, 1.82) is 0 Å². The fourth-order valence-corrected chi connectivity index (χ4v) is 5.83. The first-order chi connectivity index (χ1) is 16.5. The van der Waals surface area contributed by atoms with Gasteiger partial charge in [-0.15, -0.1) is 0 Å². The van der Waals surface area contributed by atoms with Crippen molar-refractivity contribution in [2.45, 2.75) is 25.7 Å². The lowest BCUT2D eigenvalue weighted by molar-refractivity contribution is -0.140. The number of carbonyl (C=O) groups excluding carboxylic acids is 2. The highest BCUT2D eigenvalue weighted by molar-refractivity contribution is 5.81. The van der Waals surface area contributed by atoms with Crippen LogP contribution in [0.5, 0.6) is 0 Å². The van der Waals surface area contributed by atoms with E-state index in [0.717, 1.165) is 17.5 Å². The van der Waals surface area contributed by atoms with E-state index >= 15 is 0 Å². The van der Waals surface area contributed by atoms with Gasteiger partial charge in [0.2, 0.25) is 5.91 Å². The monoisotopic (exact) mass is 462 g/mol. The molecule has 2 fully saturated rings. The maximum absolute atomic E-state index is 13.0. The van der Waals surface area contributed by atoms with Crippen LogP contribution < -0.4 is 5.32 Å². The molecule has 1 aliphatic heterocycles. The molecule has 1 saturated heterocycles. The van der Waals surface area contributed by atoms with Crippen LogP contribution in [0.3, 0.4) is 0 Å². The number of likely N-dealkylation sites (tertiary alicyclic amines) is 1. The van der Waals surface area contributed by atoms with E-state index in [0.29, 0.717) is 19.5 Å². The number of piperidine rings is 1. The van der Waals surface area contributed by atoms with Crippen LogP contribution in [-0.2, 0) is 14.3 Å². The van der Waals surface area contributed by atoms with Gasteiger partial charge in [0.05, 0.1) is 11.8 Å². The number of aliphatic carboxylic acids is 1. The van der Waals surface area contributed by atoms with E-state index in [-0.39, 0.29) is 48.6 Å². The van der Waals surface area contributed by atoms with Crippen LogP contribution in [0.15, 0.2) is 48.5 Å². The molecule has 0 bridgehead atoms. The molecule has 0 radical (unpaired) electrons. The first kappa shape index (κ1) is 22.4. The number of hydrogen-bond acceptors (Lipinski definition) is 4. The Labute approximate surface area is 199 Å². The van der Waals surface area contributed by atoms with Gasteiger partial charge in [0, 0.05) is 25.6 Å². The molecule has 2 unspecified atom stereocenters. The van der Waals surface area contributed by atoms with Crippen LogP contribution in [0.1, 0.15) is 36.8 Å². The number of hydrogen-bond donors (Lipinski definition) is 2. The van der Waals surface area contributed by atoms with Crippen LogP contribution in [-0.4, -0.2) is 54.2 Å². The van der Waals surface area contributed by atoms with Gasteiger partial charge in [0.15, 0.2) is 0 Å². The molecule has 2 N–H and O–H groups in total. The number of nitrogens with zero attached hydrogens (tertiary/aromatic N) is 1. The Balaban J connectivity index is 1.14. The molecule has 1 saturated carbocycles. The number of carbonyl (C=O) groups is 3. The van der Waals surface area contributed by atoms with Gasteiger partial charge in [0.25, 0.3) is 0 Å². The summed E-state index contributed by atoms with van der Waals surface area (Å²) in [6.07, 6.45) is 0.805. The third kappa shape index (κ3) is 4.04. The number of benzene rings is 2. The summed E-state index contributed by atoms with van der Waals surface area (Å²) in [6.45, 7) is 3.45. The van der Waals surface area contributed by atoms with E-state index < -0.39 is 12.1 Å². The summed E-state index contributed by atoms with van der Waals surface area (Å²) < 4.78 is 5.58. The molecule has 0 spiro atoms. The minimum atomic E-state index is -0.756. The summed E-state index contributed by atoms with van der Waals surface area (Å²) >= 11 is 0. The Morgan fingerprint density at radius 1 is 1.06 bits per heavy atom. The molecule has 2 aliphatic carbocycles. The van der Waals surface area contributed by atoms with Crippen molar-refractivity contribution in [1.82, 2.24) is 10.2 Å². The normalized spacial score (nSPS) is 23.3. The lowest BCUT2D eigenvalue weighted by Gasteiger charge is -2.29. The average molecular weight is 463 g/mol. The quantitative estimate of drug-likeness (QED) is 0.654. The summed E-state index contributed by atoms with van der Waals surface area (Å²) in [5.74, 6) is -1.16. The van der Waals surface area contributed by atoms with E-state index in [1.54, 1.807) is 4.90 Å². The summed E-state index contributed by atoms with van der Waals surface area (Å²) in [7, 11) is 0. The summed E-state index contributed by atoms with van der Waals surface area (Å²) in [6, 6.07) is 16.4. The van der Waals surface area contributed by atoms with Gasteiger partial charge in [-0.2, -0.15) is 0 Å². The average Bonchev–Trinajstić information content (AvgIpc) is 3.50. The summed E-state index contributed by atoms with van der Waals surface area (Å²) in [5, 5.41) is 12.1. The highest BCUT2D eigenvalue weighted by Crippen LogP contribution is 2.51. The second kappa shape index (κ2) is 9.12. The lowest BCUT2D eigenvalue weighted by Crippen LogP contribution is -2.44. The number of fused-ring (bicyclic) bond motifs is 4. The van der Waals surface area contributed by atoms with E-state index in [1.165, 1.54) is 11.1 Å². The predicted octanol–water partition coefficient (Wildman–Crippen LogP) is 3.73. The van der Waals surface area contributed by atoms with Crippen molar-refractivity contribution in [2.24, 2.45) is 23.7 Å². The molecule has 7 heteroatoms. The highest BCUT2D eigenvalue weighted by atomic mass is 16.5. The van der Waals surface area contributed by atoms with Crippen LogP contribution in [0, 0.1) is 23.7 Å². The minimum absolute atomic E-state index is 0.0104. The zero-order valence-corrected chi connectivity index (χ0v) is 19.3. The summed E-state index contributed by atoms with van der Waals surface area (Å²) in [4.78, 5) is 38.6. The van der Waals surface area contributed by atoms with E-state index in [4.69, 9.17) is 4.74 Å². The molecule has 1 heterocycles. The smallest absolute Gasteiger partial charge is 0.407 e. The van der Waals surface area contributed by atoms with Gasteiger partial charge in [-0.1, -0.05) is 55.5 Å². The van der Waals surface area contributed by atoms with Crippen LogP contribution in [0.4, 0.5) is 4.79 Å². The van der Waals surface area contributed by atoms with Gasteiger partial charge >= 0.3 is 12.1 Å². The first-order valence-corrected chi connectivity index (χ1v) is 12.1. The molecule has 0 aromatic heterocycles. The molecule has 2 aromatic rings. The highest BCUT2D eigenvalue weighted by Gasteiger charge is 2.57. The second-order valence-corrected chi connectivity index (χ2v) is 9.58. The molecule has 34 heavy (non-hydrogen) atoms. The molecule has 4 atom stereocenters.